The van der Waals surface area contributed by atoms with Gasteiger partial charge in [-0.15, -0.1) is 0 Å². The Morgan fingerprint density at radius 2 is 1.62 bits per heavy atom. The van der Waals surface area contributed by atoms with E-state index in [1.165, 1.54) is 48.8 Å². The number of fused-ring (bicyclic) bond motifs is 1. The van der Waals surface area contributed by atoms with Gasteiger partial charge in [0.25, 0.3) is 0 Å². The standard InChI is InChI=1S/C20H31N/c1-5-10-21-20(19-16-8-6-7-9-17(16)19)18-14(3)11-13(2)12-15(18)4/h11-12,16-17,19-21H,5-10H2,1-4H3. The van der Waals surface area contributed by atoms with Crippen LogP contribution in [0.3, 0.4) is 0 Å². The van der Waals surface area contributed by atoms with Gasteiger partial charge in [-0.05, 0) is 81.0 Å². The van der Waals surface area contributed by atoms with Crippen LogP contribution in [-0.4, -0.2) is 6.54 Å². The van der Waals surface area contributed by atoms with Crippen LogP contribution in [0.15, 0.2) is 12.1 Å². The molecule has 3 unspecified atom stereocenters. The molecule has 0 aliphatic heterocycles. The minimum atomic E-state index is 0.596. The van der Waals surface area contributed by atoms with Crippen molar-refractivity contribution in [1.82, 2.24) is 5.32 Å². The number of aryl methyl sites for hydroxylation is 3. The molecule has 21 heavy (non-hydrogen) atoms. The lowest BCUT2D eigenvalue weighted by Gasteiger charge is -2.24. The molecule has 1 nitrogen and oxygen atoms in total. The molecule has 0 radical (unpaired) electrons. The molecule has 0 amide bonds. The molecule has 2 aliphatic carbocycles. The van der Waals surface area contributed by atoms with E-state index in [-0.39, 0.29) is 0 Å². The zero-order chi connectivity index (χ0) is 15.0. The lowest BCUT2D eigenvalue weighted by molar-refractivity contribution is 0.442. The van der Waals surface area contributed by atoms with E-state index in [4.69, 9.17) is 0 Å². The number of rotatable bonds is 5. The monoisotopic (exact) mass is 285 g/mol. The number of hydrogen-bond acceptors (Lipinski definition) is 1. The molecule has 0 saturated heterocycles. The van der Waals surface area contributed by atoms with Gasteiger partial charge in [0.2, 0.25) is 0 Å². The topological polar surface area (TPSA) is 12.0 Å². The summed E-state index contributed by atoms with van der Waals surface area (Å²) in [6.07, 6.45) is 7.10. The van der Waals surface area contributed by atoms with Crippen molar-refractivity contribution in [1.29, 1.82) is 0 Å². The van der Waals surface area contributed by atoms with Gasteiger partial charge in [-0.25, -0.2) is 0 Å². The molecule has 1 aromatic carbocycles. The lowest BCUT2D eigenvalue weighted by Crippen LogP contribution is -2.26. The second-order valence-electron chi connectivity index (χ2n) is 7.43. The van der Waals surface area contributed by atoms with E-state index in [0.717, 1.165) is 24.3 Å². The summed E-state index contributed by atoms with van der Waals surface area (Å²) in [7, 11) is 0. The van der Waals surface area contributed by atoms with Crippen LogP contribution >= 0.6 is 0 Å². The van der Waals surface area contributed by atoms with E-state index < -0.39 is 0 Å². The average molecular weight is 285 g/mol. The second kappa shape index (κ2) is 6.12. The Labute approximate surface area is 130 Å². The molecule has 0 aromatic heterocycles. The maximum absolute atomic E-state index is 3.91. The van der Waals surface area contributed by atoms with Crippen LogP contribution < -0.4 is 5.32 Å². The Hall–Kier alpha value is -0.820. The molecule has 1 N–H and O–H groups in total. The van der Waals surface area contributed by atoms with Crippen LogP contribution in [0.1, 0.15) is 67.3 Å². The molecular formula is C20H31N. The lowest BCUT2D eigenvalue weighted by atomic mass is 9.90. The van der Waals surface area contributed by atoms with E-state index in [9.17, 15) is 0 Å². The molecule has 0 heterocycles. The fraction of sp³-hybridized carbons (Fsp3) is 0.700. The summed E-state index contributed by atoms with van der Waals surface area (Å²) in [5.74, 6) is 2.92. The summed E-state index contributed by atoms with van der Waals surface area (Å²) in [5.41, 5.74) is 5.99. The molecule has 3 atom stereocenters. The predicted molar refractivity (Wildman–Crippen MR) is 90.6 cm³/mol. The van der Waals surface area contributed by atoms with Crippen molar-refractivity contribution >= 4 is 0 Å². The van der Waals surface area contributed by atoms with Crippen LogP contribution in [0.4, 0.5) is 0 Å². The first-order valence-electron chi connectivity index (χ1n) is 8.94. The maximum atomic E-state index is 3.91. The minimum Gasteiger partial charge on any atom is -0.310 e. The normalized spacial score (nSPS) is 29.0. The first kappa shape index (κ1) is 15.1. The highest BCUT2D eigenvalue weighted by molar-refractivity contribution is 5.41. The van der Waals surface area contributed by atoms with Crippen molar-refractivity contribution in [3.63, 3.8) is 0 Å². The van der Waals surface area contributed by atoms with Crippen LogP contribution in [0.5, 0.6) is 0 Å². The van der Waals surface area contributed by atoms with Gasteiger partial charge in [0.1, 0.15) is 0 Å². The van der Waals surface area contributed by atoms with Gasteiger partial charge >= 0.3 is 0 Å². The summed E-state index contributed by atoms with van der Waals surface area (Å²) in [5, 5.41) is 3.91. The number of nitrogens with one attached hydrogen (secondary N) is 1. The van der Waals surface area contributed by atoms with Gasteiger partial charge in [0.05, 0.1) is 0 Å². The van der Waals surface area contributed by atoms with Crippen LogP contribution in [-0.2, 0) is 0 Å². The van der Waals surface area contributed by atoms with Gasteiger partial charge in [0.15, 0.2) is 0 Å². The Morgan fingerprint density at radius 1 is 1.05 bits per heavy atom. The first-order chi connectivity index (χ1) is 10.1. The second-order valence-corrected chi connectivity index (χ2v) is 7.43. The Kier molecular flexibility index (Phi) is 4.40. The summed E-state index contributed by atoms with van der Waals surface area (Å²) in [6, 6.07) is 5.34. The van der Waals surface area contributed by atoms with Crippen molar-refractivity contribution in [2.24, 2.45) is 17.8 Å². The Balaban J connectivity index is 1.89. The highest BCUT2D eigenvalue weighted by atomic mass is 14.9. The van der Waals surface area contributed by atoms with Crippen LogP contribution in [0.2, 0.25) is 0 Å². The van der Waals surface area contributed by atoms with Gasteiger partial charge in [-0.3, -0.25) is 0 Å². The quantitative estimate of drug-likeness (QED) is 0.794. The number of hydrogen-bond donors (Lipinski definition) is 1. The maximum Gasteiger partial charge on any atom is 0.0359 e. The fourth-order valence-corrected chi connectivity index (χ4v) is 4.95. The molecule has 0 spiro atoms. The third-order valence-corrected chi connectivity index (χ3v) is 5.77. The molecule has 0 bridgehead atoms. The SMILES string of the molecule is CCCNC(c1c(C)cc(C)cc1C)C1C2CCCCC21. The van der Waals surface area contributed by atoms with Crippen molar-refractivity contribution in [2.45, 2.75) is 65.8 Å². The van der Waals surface area contributed by atoms with E-state index >= 15 is 0 Å². The predicted octanol–water partition coefficient (Wildman–Crippen LogP) is 5.09. The van der Waals surface area contributed by atoms with Crippen LogP contribution in [0.25, 0.3) is 0 Å². The molecular weight excluding hydrogens is 254 g/mol. The number of benzene rings is 1. The first-order valence-corrected chi connectivity index (χ1v) is 8.94. The molecule has 116 valence electrons. The van der Waals surface area contributed by atoms with Crippen LogP contribution in [0, 0.1) is 38.5 Å². The van der Waals surface area contributed by atoms with E-state index in [1.807, 2.05) is 0 Å². The average Bonchev–Trinajstić information content (AvgIpc) is 3.15. The van der Waals surface area contributed by atoms with Crippen molar-refractivity contribution in [2.75, 3.05) is 6.54 Å². The smallest absolute Gasteiger partial charge is 0.0359 e. The third kappa shape index (κ3) is 2.90. The Morgan fingerprint density at radius 3 is 2.14 bits per heavy atom. The molecule has 1 aromatic rings. The van der Waals surface area contributed by atoms with E-state index in [2.05, 4.69) is 45.1 Å². The zero-order valence-corrected chi connectivity index (χ0v) is 14.2. The molecule has 2 saturated carbocycles. The summed E-state index contributed by atoms with van der Waals surface area (Å²) >= 11 is 0. The van der Waals surface area contributed by atoms with E-state index in [1.54, 1.807) is 5.56 Å². The molecule has 2 fully saturated rings. The fourth-order valence-electron chi connectivity index (χ4n) is 4.95. The van der Waals surface area contributed by atoms with Crippen molar-refractivity contribution < 1.29 is 0 Å². The van der Waals surface area contributed by atoms with Gasteiger partial charge < -0.3 is 5.32 Å². The summed E-state index contributed by atoms with van der Waals surface area (Å²) in [4.78, 5) is 0. The van der Waals surface area contributed by atoms with E-state index in [0.29, 0.717) is 6.04 Å². The zero-order valence-electron chi connectivity index (χ0n) is 14.2. The van der Waals surface area contributed by atoms with Gasteiger partial charge in [0, 0.05) is 6.04 Å². The third-order valence-electron chi connectivity index (χ3n) is 5.77. The van der Waals surface area contributed by atoms with Gasteiger partial charge in [-0.1, -0.05) is 37.5 Å². The largest absolute Gasteiger partial charge is 0.310 e. The van der Waals surface area contributed by atoms with Gasteiger partial charge in [-0.2, -0.15) is 0 Å². The molecule has 3 rings (SSSR count). The van der Waals surface area contributed by atoms with Crippen molar-refractivity contribution in [3.05, 3.63) is 34.4 Å². The highest BCUT2D eigenvalue weighted by Gasteiger charge is 2.54. The molecule has 2 aliphatic rings. The highest BCUT2D eigenvalue weighted by Crippen LogP contribution is 2.60. The molecule has 1 heteroatoms. The Bertz CT molecular complexity index is 470. The summed E-state index contributed by atoms with van der Waals surface area (Å²) < 4.78 is 0. The summed E-state index contributed by atoms with van der Waals surface area (Å²) in [6.45, 7) is 10.3. The van der Waals surface area contributed by atoms with Crippen molar-refractivity contribution in [3.8, 4) is 0 Å². The minimum absolute atomic E-state index is 0.596.